The van der Waals surface area contributed by atoms with Crippen molar-refractivity contribution in [3.05, 3.63) is 33.8 Å². The molecule has 0 saturated carbocycles. The smallest absolute Gasteiger partial charge is 0.399 e. The van der Waals surface area contributed by atoms with E-state index in [-0.39, 0.29) is 11.3 Å². The molecule has 1 rings (SSSR count). The Bertz CT molecular complexity index is 415. The Morgan fingerprint density at radius 2 is 2.00 bits per heavy atom. The van der Waals surface area contributed by atoms with Crippen molar-refractivity contribution in [1.29, 1.82) is 0 Å². The van der Waals surface area contributed by atoms with E-state index in [1.54, 1.807) is 0 Å². The van der Waals surface area contributed by atoms with Crippen LogP contribution >= 0.6 is 15.9 Å². The SMILES string of the molecule is CON=C(C)c1cc(Br)ccc1C(F)(F)F. The second-order valence-corrected chi connectivity index (χ2v) is 3.96. The number of hydrogen-bond acceptors (Lipinski definition) is 2. The number of oxime groups is 1. The quantitative estimate of drug-likeness (QED) is 0.600. The van der Waals surface area contributed by atoms with Gasteiger partial charge in [-0.15, -0.1) is 0 Å². The number of nitrogens with zero attached hydrogens (tertiary/aromatic N) is 1. The molecule has 0 aliphatic rings. The van der Waals surface area contributed by atoms with Crippen LogP contribution in [0.25, 0.3) is 0 Å². The standard InChI is InChI=1S/C10H9BrF3NO/c1-6(15-16-2)8-5-7(11)3-4-9(8)10(12,13)14/h3-5H,1-2H3. The molecule has 0 saturated heterocycles. The molecule has 0 unspecified atom stereocenters. The van der Waals surface area contributed by atoms with Gasteiger partial charge in [0, 0.05) is 10.0 Å². The minimum absolute atomic E-state index is 0.00345. The van der Waals surface area contributed by atoms with Gasteiger partial charge in [-0.25, -0.2) is 0 Å². The van der Waals surface area contributed by atoms with Gasteiger partial charge in [-0.3, -0.25) is 0 Å². The lowest BCUT2D eigenvalue weighted by atomic mass is 10.0. The summed E-state index contributed by atoms with van der Waals surface area (Å²) >= 11 is 3.12. The molecule has 0 spiro atoms. The molecule has 0 amide bonds. The van der Waals surface area contributed by atoms with E-state index in [1.807, 2.05) is 0 Å². The van der Waals surface area contributed by atoms with Crippen molar-refractivity contribution in [2.75, 3.05) is 7.11 Å². The third-order valence-corrected chi connectivity index (χ3v) is 2.40. The monoisotopic (exact) mass is 295 g/mol. The Kier molecular flexibility index (Phi) is 3.96. The third-order valence-electron chi connectivity index (χ3n) is 1.91. The predicted octanol–water partition coefficient (Wildman–Crippen LogP) is 3.84. The normalized spacial score (nSPS) is 12.8. The van der Waals surface area contributed by atoms with E-state index >= 15 is 0 Å². The zero-order valence-corrected chi connectivity index (χ0v) is 10.2. The molecule has 0 bridgehead atoms. The van der Waals surface area contributed by atoms with Gasteiger partial charge in [0.05, 0.1) is 11.3 Å². The highest BCUT2D eigenvalue weighted by Gasteiger charge is 2.34. The molecule has 88 valence electrons. The summed E-state index contributed by atoms with van der Waals surface area (Å²) in [6, 6.07) is 3.71. The topological polar surface area (TPSA) is 21.6 Å². The molecular formula is C10H9BrF3NO. The zero-order valence-electron chi connectivity index (χ0n) is 8.60. The summed E-state index contributed by atoms with van der Waals surface area (Å²) in [5.41, 5.74) is -0.547. The number of benzene rings is 1. The van der Waals surface area contributed by atoms with E-state index in [0.717, 1.165) is 6.07 Å². The van der Waals surface area contributed by atoms with Crippen LogP contribution in [-0.2, 0) is 11.0 Å². The van der Waals surface area contributed by atoms with Crippen LogP contribution in [0.3, 0.4) is 0 Å². The first-order chi connectivity index (χ1) is 7.36. The highest BCUT2D eigenvalue weighted by atomic mass is 79.9. The molecule has 1 aromatic carbocycles. The van der Waals surface area contributed by atoms with Crippen molar-refractivity contribution in [2.24, 2.45) is 5.16 Å². The average molecular weight is 296 g/mol. The molecule has 6 heteroatoms. The minimum Gasteiger partial charge on any atom is -0.399 e. The van der Waals surface area contributed by atoms with Crippen molar-refractivity contribution in [2.45, 2.75) is 13.1 Å². The highest BCUT2D eigenvalue weighted by Crippen LogP contribution is 2.33. The van der Waals surface area contributed by atoms with E-state index in [2.05, 4.69) is 25.9 Å². The van der Waals surface area contributed by atoms with Gasteiger partial charge in [0.15, 0.2) is 0 Å². The maximum Gasteiger partial charge on any atom is 0.417 e. The van der Waals surface area contributed by atoms with Crippen molar-refractivity contribution in [1.82, 2.24) is 0 Å². The first-order valence-corrected chi connectivity index (χ1v) is 5.10. The first-order valence-electron chi connectivity index (χ1n) is 4.31. The van der Waals surface area contributed by atoms with Gasteiger partial charge < -0.3 is 4.84 Å². The van der Waals surface area contributed by atoms with Crippen LogP contribution in [0.5, 0.6) is 0 Å². The third kappa shape index (κ3) is 2.98. The van der Waals surface area contributed by atoms with Crippen LogP contribution in [0.1, 0.15) is 18.1 Å². The molecule has 1 aromatic rings. The molecule has 0 heterocycles. The Morgan fingerprint density at radius 3 is 2.50 bits per heavy atom. The van der Waals surface area contributed by atoms with Crippen LogP contribution in [-0.4, -0.2) is 12.8 Å². The van der Waals surface area contributed by atoms with Crippen LogP contribution < -0.4 is 0 Å². The van der Waals surface area contributed by atoms with E-state index in [4.69, 9.17) is 0 Å². The molecule has 0 aliphatic heterocycles. The fourth-order valence-corrected chi connectivity index (χ4v) is 1.61. The van der Waals surface area contributed by atoms with Gasteiger partial charge in [-0.2, -0.15) is 13.2 Å². The van der Waals surface area contributed by atoms with Gasteiger partial charge in [0.2, 0.25) is 0 Å². The largest absolute Gasteiger partial charge is 0.417 e. The number of alkyl halides is 3. The summed E-state index contributed by atoms with van der Waals surface area (Å²) < 4.78 is 38.6. The molecule has 16 heavy (non-hydrogen) atoms. The Balaban J connectivity index is 3.35. The second kappa shape index (κ2) is 4.86. The Morgan fingerprint density at radius 1 is 1.38 bits per heavy atom. The lowest BCUT2D eigenvalue weighted by Crippen LogP contribution is -2.12. The molecule has 0 N–H and O–H groups in total. The molecular weight excluding hydrogens is 287 g/mol. The minimum atomic E-state index is -4.40. The van der Waals surface area contributed by atoms with Crippen molar-refractivity contribution in [3.8, 4) is 0 Å². The summed E-state index contributed by atoms with van der Waals surface area (Å²) in [5.74, 6) is 0. The summed E-state index contributed by atoms with van der Waals surface area (Å²) in [5, 5.41) is 3.51. The zero-order chi connectivity index (χ0) is 12.3. The van der Waals surface area contributed by atoms with E-state index in [0.29, 0.717) is 4.47 Å². The maximum atomic E-state index is 12.7. The Hall–Kier alpha value is -1.04. The van der Waals surface area contributed by atoms with Crippen molar-refractivity contribution >= 4 is 21.6 Å². The van der Waals surface area contributed by atoms with Crippen molar-refractivity contribution < 1.29 is 18.0 Å². The molecule has 0 radical (unpaired) electrons. The molecule has 0 fully saturated rings. The van der Waals surface area contributed by atoms with Gasteiger partial charge in [0.25, 0.3) is 0 Å². The highest BCUT2D eigenvalue weighted by molar-refractivity contribution is 9.10. The summed E-state index contributed by atoms with van der Waals surface area (Å²) in [4.78, 5) is 4.47. The van der Waals surface area contributed by atoms with Crippen LogP contribution in [0.4, 0.5) is 13.2 Å². The van der Waals surface area contributed by atoms with Crippen LogP contribution in [0.15, 0.2) is 27.8 Å². The lowest BCUT2D eigenvalue weighted by molar-refractivity contribution is -0.137. The number of halogens is 4. The van der Waals surface area contributed by atoms with Crippen molar-refractivity contribution in [3.63, 3.8) is 0 Å². The molecule has 0 aromatic heterocycles. The summed E-state index contributed by atoms with van der Waals surface area (Å²) in [6.07, 6.45) is -4.40. The number of rotatable bonds is 2. The summed E-state index contributed by atoms with van der Waals surface area (Å²) in [6.45, 7) is 1.46. The Labute approximate surface area is 99.2 Å². The fourth-order valence-electron chi connectivity index (χ4n) is 1.25. The van der Waals surface area contributed by atoms with E-state index in [9.17, 15) is 13.2 Å². The van der Waals surface area contributed by atoms with Gasteiger partial charge in [0.1, 0.15) is 7.11 Å². The number of hydrogen-bond donors (Lipinski definition) is 0. The van der Waals surface area contributed by atoms with Crippen LogP contribution in [0, 0.1) is 0 Å². The average Bonchev–Trinajstić information content (AvgIpc) is 2.16. The predicted molar refractivity (Wildman–Crippen MR) is 58.4 cm³/mol. The van der Waals surface area contributed by atoms with E-state index in [1.165, 1.54) is 26.2 Å². The van der Waals surface area contributed by atoms with Gasteiger partial charge in [-0.05, 0) is 25.1 Å². The maximum absolute atomic E-state index is 12.7. The molecule has 0 atom stereocenters. The second-order valence-electron chi connectivity index (χ2n) is 3.05. The van der Waals surface area contributed by atoms with Crippen LogP contribution in [0.2, 0.25) is 0 Å². The lowest BCUT2D eigenvalue weighted by Gasteiger charge is -2.12. The molecule has 2 nitrogen and oxygen atoms in total. The molecule has 0 aliphatic carbocycles. The fraction of sp³-hybridized carbons (Fsp3) is 0.300. The first kappa shape index (κ1) is 13.0. The summed E-state index contributed by atoms with van der Waals surface area (Å²) in [7, 11) is 1.29. The van der Waals surface area contributed by atoms with Gasteiger partial charge in [-0.1, -0.05) is 21.1 Å². The van der Waals surface area contributed by atoms with Gasteiger partial charge >= 0.3 is 6.18 Å². The van der Waals surface area contributed by atoms with E-state index < -0.39 is 11.7 Å².